The topological polar surface area (TPSA) is 570 Å². The number of nitrogens with two attached hydrogens (primary N) is 1. The van der Waals surface area contributed by atoms with Gasteiger partial charge in [-0.15, -0.1) is 0 Å². The standard InChI is InChI=1S/C50H67N11O31P4/c1-22-13-58(47(69)53-42(22)64)37-8-26(63)32(85-37)18-81-94(74,75)91-29-11-40(60-15-24(3)44(66)55-49(60)71)87-33(29)19-80-93(5,73)89-28-10-38(57-7-6-36(51)52-46(57)68)86-34(28)20-82-96(78,79)92-30-12-41(61-16-25(4)45(67)56-50(61)72)88-35(30)21-83-95(76,77)90-27-9-39(84-31(27)17-62)59-14-23(2)43(65)54-48(59)70/h6-7,13-16,26-35,37-41,62-63H,8-12,17-21H2,1-5H3,(H,74,75)(H,76,77)(H,78,79)(H2,51,52,68)(H,53,64,69)(H,54,65,70)(H,55,66,71)(H,56,67,72)/t26-,27-,28-,29-,30-,31+,32+,33+,34+,35+,37+,38+,39+,40+,41+,93?/m0/s1. The quantitative estimate of drug-likeness (QED) is 0.0262. The monoisotopic (exact) mass is 1440 g/mol. The number of phosphoric acid groups is 3. The third-order valence-corrected chi connectivity index (χ3v) is 20.2. The molecule has 10 rings (SSSR count). The smallest absolute Gasteiger partial charge is 0.394 e. The Kier molecular flexibility index (Phi) is 21.7. The summed E-state index contributed by atoms with van der Waals surface area (Å²) >= 11 is 0. The summed E-state index contributed by atoms with van der Waals surface area (Å²) in [5, 5.41) is 20.9. The van der Waals surface area contributed by atoms with Gasteiger partial charge in [0.25, 0.3) is 22.2 Å². The van der Waals surface area contributed by atoms with E-state index in [0.29, 0.717) is 0 Å². The van der Waals surface area contributed by atoms with Gasteiger partial charge in [0, 0.05) is 92.0 Å². The maximum absolute atomic E-state index is 14.5. The first-order valence-electron chi connectivity index (χ1n) is 29.1. The molecule has 528 valence electrons. The molecule has 42 nitrogen and oxygen atoms in total. The number of nitrogens with one attached hydrogen (secondary N) is 4. The van der Waals surface area contributed by atoms with E-state index in [9.17, 15) is 86.3 Å². The average Bonchev–Trinajstić information content (AvgIpc) is 1.81. The number of anilines is 1. The fourth-order valence-corrected chi connectivity index (χ4v) is 15.1. The first kappa shape index (κ1) is 72.3. The van der Waals surface area contributed by atoms with Crippen LogP contribution < -0.4 is 56.4 Å². The van der Waals surface area contributed by atoms with E-state index in [0.717, 1.165) is 41.9 Å². The lowest BCUT2D eigenvalue weighted by atomic mass is 10.2. The molecule has 0 aliphatic carbocycles. The Labute approximate surface area is 536 Å². The second-order valence-corrected chi connectivity index (χ2v) is 29.2. The average molecular weight is 1440 g/mol. The zero-order chi connectivity index (χ0) is 69.7. The summed E-state index contributed by atoms with van der Waals surface area (Å²) in [5.74, 6) is -0.190. The molecule has 4 unspecified atom stereocenters. The van der Waals surface area contributed by atoms with Gasteiger partial charge in [-0.3, -0.25) is 93.7 Å². The SMILES string of the molecule is Cc1cn([C@H]2C[C@H](OP(=O)(O)OC[C@H]3O[C@@H](n4cc(C)c(=O)[nH]c4=O)C[C@@H]3OP(=O)(O)OC[C@H]3O[C@@H](n4ccc(N)nc4=O)C[C@@H]3OP(C)(=O)OC[C@H]3O[C@@H](n4cc(C)c(=O)[nH]c4=O)C[C@@H]3OP(=O)(O)OC[C@H]3O[C@@H](n4cc(C)c(=O)[nH]c4=O)C[C@@H]3O)[C@@H](CO)O2)c(=O)[nH]c1=O. The summed E-state index contributed by atoms with van der Waals surface area (Å²) in [6, 6.07) is 1.23. The van der Waals surface area contributed by atoms with Gasteiger partial charge in [0.05, 0.1) is 45.2 Å². The van der Waals surface area contributed by atoms with E-state index in [1.165, 1.54) is 52.4 Å². The van der Waals surface area contributed by atoms with Crippen LogP contribution in [-0.2, 0) is 78.1 Å². The number of aromatic nitrogens is 10. The van der Waals surface area contributed by atoms with Crippen molar-refractivity contribution in [2.24, 2.45) is 0 Å². The second-order valence-electron chi connectivity index (χ2n) is 23.0. The molecule has 5 aliphatic heterocycles. The molecule has 0 spiro atoms. The van der Waals surface area contributed by atoms with Crippen molar-refractivity contribution >= 4 is 36.9 Å². The Morgan fingerprint density at radius 2 is 0.781 bits per heavy atom. The molecule has 96 heavy (non-hydrogen) atoms. The number of aryl methyl sites for hydroxylation is 4. The lowest BCUT2D eigenvalue weighted by molar-refractivity contribution is -0.0628. The van der Waals surface area contributed by atoms with Gasteiger partial charge in [-0.2, -0.15) is 4.98 Å². The van der Waals surface area contributed by atoms with Crippen molar-refractivity contribution in [1.29, 1.82) is 0 Å². The van der Waals surface area contributed by atoms with Crippen molar-refractivity contribution in [3.05, 3.63) is 153 Å². The molecule has 5 aromatic rings. The minimum Gasteiger partial charge on any atom is -0.394 e. The number of phosphoric ester groups is 3. The molecular weight excluding hydrogens is 1370 g/mol. The highest BCUT2D eigenvalue weighted by molar-refractivity contribution is 7.53. The Hall–Kier alpha value is -6.40. The summed E-state index contributed by atoms with van der Waals surface area (Å²) in [6.07, 6.45) is -17.7. The van der Waals surface area contributed by atoms with Crippen molar-refractivity contribution in [1.82, 2.24) is 47.8 Å². The number of aliphatic hydroxyl groups excluding tert-OH is 2. The van der Waals surface area contributed by atoms with Crippen molar-refractivity contribution in [3.8, 4) is 0 Å². The van der Waals surface area contributed by atoms with E-state index in [4.69, 9.17) is 65.6 Å². The van der Waals surface area contributed by atoms with Crippen molar-refractivity contribution in [3.63, 3.8) is 0 Å². The third-order valence-electron chi connectivity index (χ3n) is 15.9. The first-order valence-corrected chi connectivity index (χ1v) is 35.6. The minimum atomic E-state index is -5.48. The first-order chi connectivity index (χ1) is 45.0. The van der Waals surface area contributed by atoms with Gasteiger partial charge >= 0.3 is 59.5 Å². The number of ether oxygens (including phenoxy) is 5. The molecule has 11 N–H and O–H groups in total. The van der Waals surface area contributed by atoms with Gasteiger partial charge in [0.2, 0.25) is 0 Å². The van der Waals surface area contributed by atoms with Crippen LogP contribution >= 0.6 is 31.1 Å². The predicted octanol–water partition coefficient (Wildman–Crippen LogP) is -2.22. The summed E-state index contributed by atoms with van der Waals surface area (Å²) in [4.78, 5) is 159. The highest BCUT2D eigenvalue weighted by Crippen LogP contribution is 2.55. The zero-order valence-electron chi connectivity index (χ0n) is 51.1. The summed E-state index contributed by atoms with van der Waals surface area (Å²) in [5.41, 5.74) is -1.51. The molecule has 0 amide bonds. The molecule has 46 heteroatoms. The molecule has 5 aromatic heterocycles. The minimum absolute atomic E-state index is 0.0148. The van der Waals surface area contributed by atoms with Crippen molar-refractivity contribution in [2.75, 3.05) is 45.4 Å². The van der Waals surface area contributed by atoms with Crippen LogP contribution in [0.15, 0.2) is 80.2 Å². The van der Waals surface area contributed by atoms with Crippen LogP contribution in [0.4, 0.5) is 5.82 Å². The number of rotatable bonds is 26. The highest BCUT2D eigenvalue weighted by atomic mass is 31.2. The number of aliphatic hydroxyl groups is 2. The Morgan fingerprint density at radius 1 is 0.479 bits per heavy atom. The molecule has 0 saturated carbocycles. The number of nitrogens with zero attached hydrogens (tertiary/aromatic N) is 6. The van der Waals surface area contributed by atoms with Gasteiger partial charge in [0.15, 0.2) is 0 Å². The van der Waals surface area contributed by atoms with Gasteiger partial charge in [0.1, 0.15) is 85.8 Å². The van der Waals surface area contributed by atoms with E-state index in [2.05, 4.69) is 24.9 Å². The van der Waals surface area contributed by atoms with Crippen LogP contribution in [0.1, 0.15) is 85.5 Å². The molecule has 0 bridgehead atoms. The molecule has 0 radical (unpaired) electrons. The fourth-order valence-electron chi connectivity index (χ4n) is 11.0. The van der Waals surface area contributed by atoms with Crippen molar-refractivity contribution in [2.45, 2.75) is 152 Å². The van der Waals surface area contributed by atoms with Gasteiger partial charge in [-0.1, -0.05) is 0 Å². The fraction of sp³-hybridized carbons (Fsp3) is 0.600. The van der Waals surface area contributed by atoms with E-state index < -0.39 is 226 Å². The second kappa shape index (κ2) is 28.8. The molecule has 5 saturated heterocycles. The number of H-pyrrole nitrogens is 4. The van der Waals surface area contributed by atoms with E-state index in [1.807, 2.05) is 0 Å². The van der Waals surface area contributed by atoms with E-state index in [1.54, 1.807) is 0 Å². The number of aromatic amines is 4. The molecule has 5 aliphatic rings. The lowest BCUT2D eigenvalue weighted by Gasteiger charge is -2.26. The van der Waals surface area contributed by atoms with Crippen LogP contribution in [0.5, 0.6) is 0 Å². The number of nitrogen functional groups attached to an aromatic ring is 1. The summed E-state index contributed by atoms with van der Waals surface area (Å²) in [6.45, 7) is 2.08. The van der Waals surface area contributed by atoms with Crippen LogP contribution in [0.3, 0.4) is 0 Å². The van der Waals surface area contributed by atoms with E-state index in [-0.39, 0.29) is 40.9 Å². The zero-order valence-corrected chi connectivity index (χ0v) is 54.7. The third kappa shape index (κ3) is 17.0. The van der Waals surface area contributed by atoms with Crippen molar-refractivity contribution < 1.29 is 103 Å². The van der Waals surface area contributed by atoms with Gasteiger partial charge in [-0.05, 0) is 33.8 Å². The summed E-state index contributed by atoms with van der Waals surface area (Å²) < 4.78 is 134. The normalized spacial score (nSPS) is 30.1. The molecule has 10 heterocycles. The molecule has 19 atom stereocenters. The number of hydrogen-bond donors (Lipinski definition) is 10. The molecule has 5 fully saturated rings. The Balaban J connectivity index is 0.828. The molecule has 0 aromatic carbocycles. The maximum atomic E-state index is 14.5. The molecular formula is C50H67N11O31P4. The summed E-state index contributed by atoms with van der Waals surface area (Å²) in [7, 11) is -20.6. The van der Waals surface area contributed by atoms with E-state index >= 15 is 0 Å². The van der Waals surface area contributed by atoms with Gasteiger partial charge in [-0.25, -0.2) is 37.7 Å². The number of hydrogen-bond acceptors (Lipinski definition) is 30. The van der Waals surface area contributed by atoms with Crippen LogP contribution in [0.25, 0.3) is 0 Å². The predicted molar refractivity (Wildman–Crippen MR) is 319 cm³/mol. The van der Waals surface area contributed by atoms with Crippen LogP contribution in [0.2, 0.25) is 0 Å². The Bertz CT molecular complexity index is 4510. The maximum Gasteiger partial charge on any atom is 0.472 e. The van der Waals surface area contributed by atoms with Crippen LogP contribution in [0, 0.1) is 27.7 Å². The lowest BCUT2D eigenvalue weighted by Crippen LogP contribution is -2.33. The van der Waals surface area contributed by atoms with Gasteiger partial charge < -0.3 is 63.4 Å². The largest absolute Gasteiger partial charge is 0.472 e. The Morgan fingerprint density at radius 3 is 1.15 bits per heavy atom. The highest BCUT2D eigenvalue weighted by Gasteiger charge is 2.49. The van der Waals surface area contributed by atoms with Crippen LogP contribution in [-0.4, -0.2) is 173 Å².